The topological polar surface area (TPSA) is 33.1 Å². The first-order valence-corrected chi connectivity index (χ1v) is 4.37. The highest BCUT2D eigenvalue weighted by Gasteiger charge is 2.08. The van der Waals surface area contributed by atoms with Crippen molar-refractivity contribution in [1.82, 2.24) is 4.98 Å². The van der Waals surface area contributed by atoms with Crippen LogP contribution in [0.1, 0.15) is 0 Å². The van der Waals surface area contributed by atoms with Gasteiger partial charge in [0.05, 0.1) is 10.0 Å². The van der Waals surface area contributed by atoms with Gasteiger partial charge in [0.1, 0.15) is 5.52 Å². The molecule has 5 heteroatoms. The average Bonchev–Trinajstić information content (AvgIpc) is 2.15. The van der Waals surface area contributed by atoms with Crippen molar-refractivity contribution >= 4 is 51.5 Å². The molecule has 0 fully saturated rings. The van der Waals surface area contributed by atoms with E-state index in [1.165, 1.54) is 6.07 Å². The van der Waals surface area contributed by atoms with Crippen molar-refractivity contribution in [1.29, 1.82) is 0 Å². The molecule has 0 aliphatic carbocycles. The Bertz CT molecular complexity index is 476. The third-order valence-corrected chi connectivity index (χ3v) is 2.37. The minimum absolute atomic E-state index is 0. The van der Waals surface area contributed by atoms with E-state index in [1.54, 1.807) is 18.3 Å². The Kier molecular flexibility index (Phi) is 3.63. The quantitative estimate of drug-likeness (QED) is 0.719. The van der Waals surface area contributed by atoms with Crippen molar-refractivity contribution in [2.24, 2.45) is 0 Å². The first kappa shape index (κ1) is 11.6. The summed E-state index contributed by atoms with van der Waals surface area (Å²) in [7, 11) is 0. The first-order valence-electron chi connectivity index (χ1n) is 3.62. The molecule has 0 saturated heterocycles. The number of aromatic hydroxyl groups is 1. The van der Waals surface area contributed by atoms with Crippen LogP contribution in [0.4, 0.5) is 0 Å². The number of phenols is 1. The van der Waals surface area contributed by atoms with Crippen LogP contribution >= 0.6 is 23.2 Å². The van der Waals surface area contributed by atoms with Gasteiger partial charge in [0.25, 0.3) is 0 Å². The second-order valence-electron chi connectivity index (χ2n) is 2.59. The van der Waals surface area contributed by atoms with Crippen molar-refractivity contribution in [2.75, 3.05) is 0 Å². The fraction of sp³-hybridized carbons (Fsp3) is 0. The smallest absolute Gasteiger partial charge is 0.160 e. The van der Waals surface area contributed by atoms with E-state index in [9.17, 15) is 5.11 Å². The highest BCUT2D eigenvalue weighted by atomic mass is 35.5. The minimum Gasteiger partial charge on any atom is -0.504 e. The normalized spacial score (nSPS) is 9.86. The molecule has 0 atom stereocenters. The van der Waals surface area contributed by atoms with E-state index in [0.29, 0.717) is 15.9 Å². The summed E-state index contributed by atoms with van der Waals surface area (Å²) in [6.07, 6.45) is 1.58. The molecule has 0 aliphatic rings. The number of aromatic nitrogens is 1. The minimum atomic E-state index is -0.0262. The summed E-state index contributed by atoms with van der Waals surface area (Å²) in [5.41, 5.74) is 0.431. The molecular weight excluding hydrogens is 236 g/mol. The third-order valence-electron chi connectivity index (χ3n) is 1.77. The molecule has 0 spiro atoms. The molecule has 69 valence electrons. The number of rotatable bonds is 0. The number of hydrogen-bond acceptors (Lipinski definition) is 2. The Balaban J connectivity index is 0.000000980. The van der Waals surface area contributed by atoms with Crippen LogP contribution < -0.4 is 0 Å². The molecule has 2 nitrogen and oxygen atoms in total. The van der Waals surface area contributed by atoms with E-state index in [-0.39, 0.29) is 28.1 Å². The van der Waals surface area contributed by atoms with Gasteiger partial charge in [-0.3, -0.25) is 4.98 Å². The average molecular weight is 241 g/mol. The van der Waals surface area contributed by atoms with Gasteiger partial charge >= 0.3 is 0 Å². The molecule has 0 bridgehead atoms. The Labute approximate surface area is 102 Å². The van der Waals surface area contributed by atoms with Crippen LogP contribution in [-0.2, 0) is 0 Å². The third kappa shape index (κ3) is 1.82. The van der Waals surface area contributed by atoms with Crippen LogP contribution in [0.3, 0.4) is 0 Å². The van der Waals surface area contributed by atoms with Crippen molar-refractivity contribution in [3.05, 3.63) is 34.4 Å². The van der Waals surface area contributed by atoms with Crippen LogP contribution in [0.2, 0.25) is 10.0 Å². The van der Waals surface area contributed by atoms with E-state index in [4.69, 9.17) is 23.2 Å². The molecule has 0 unspecified atom stereocenters. The molecule has 1 N–H and O–H groups in total. The van der Waals surface area contributed by atoms with Gasteiger partial charge in [-0.1, -0.05) is 23.2 Å². The lowest BCUT2D eigenvalue weighted by Crippen LogP contribution is -1.80. The van der Waals surface area contributed by atoms with Crippen molar-refractivity contribution < 1.29 is 5.11 Å². The van der Waals surface area contributed by atoms with Gasteiger partial charge in [-0.05, 0) is 18.2 Å². The van der Waals surface area contributed by atoms with E-state index in [1.807, 2.05) is 0 Å². The number of nitrogens with zero attached hydrogens (tertiary/aromatic N) is 1. The van der Waals surface area contributed by atoms with Gasteiger partial charge in [0.15, 0.2) is 5.75 Å². The Morgan fingerprint density at radius 1 is 1.21 bits per heavy atom. The number of halogens is 2. The summed E-state index contributed by atoms with van der Waals surface area (Å²) in [6, 6.07) is 5.03. The summed E-state index contributed by atoms with van der Waals surface area (Å²) in [5.74, 6) is -0.0262. The van der Waals surface area contributed by atoms with Crippen LogP contribution in [0, 0.1) is 0 Å². The molecule has 1 aromatic carbocycles. The Morgan fingerprint density at radius 2 is 1.93 bits per heavy atom. The summed E-state index contributed by atoms with van der Waals surface area (Å²) >= 11 is 11.6. The number of hydrogen-bond donors (Lipinski definition) is 1. The lowest BCUT2D eigenvalue weighted by Gasteiger charge is -2.03. The maximum absolute atomic E-state index is 9.53. The second kappa shape index (κ2) is 4.38. The highest BCUT2D eigenvalue weighted by Crippen LogP contribution is 2.35. The monoisotopic (exact) mass is 240 g/mol. The molecular formula is C9H5AlCl2NO. The number of phenolic OH excluding ortho intramolecular Hbond substituents is 1. The molecule has 1 heterocycles. The van der Waals surface area contributed by atoms with Gasteiger partial charge < -0.3 is 5.11 Å². The fourth-order valence-electron chi connectivity index (χ4n) is 1.16. The SMILES string of the molecule is Oc1c(Cl)cc(Cl)c2cccnc12.[Al]. The van der Waals surface area contributed by atoms with Crippen molar-refractivity contribution in [3.8, 4) is 5.75 Å². The summed E-state index contributed by atoms with van der Waals surface area (Å²) < 4.78 is 0. The van der Waals surface area contributed by atoms with E-state index >= 15 is 0 Å². The van der Waals surface area contributed by atoms with Crippen molar-refractivity contribution in [2.45, 2.75) is 0 Å². The second-order valence-corrected chi connectivity index (χ2v) is 3.40. The molecule has 2 aromatic rings. The Morgan fingerprint density at radius 3 is 2.64 bits per heavy atom. The van der Waals surface area contributed by atoms with Crippen LogP contribution in [0.25, 0.3) is 10.9 Å². The summed E-state index contributed by atoms with van der Waals surface area (Å²) in [6.45, 7) is 0. The molecule has 14 heavy (non-hydrogen) atoms. The maximum Gasteiger partial charge on any atom is 0.160 e. The Hall–Kier alpha value is -0.458. The van der Waals surface area contributed by atoms with E-state index in [0.717, 1.165) is 0 Å². The summed E-state index contributed by atoms with van der Waals surface area (Å²) in [4.78, 5) is 3.98. The molecule has 0 aliphatic heterocycles. The molecule has 1 aromatic heterocycles. The lowest BCUT2D eigenvalue weighted by atomic mass is 10.2. The first-order chi connectivity index (χ1) is 6.20. The zero-order valence-corrected chi connectivity index (χ0v) is 9.70. The predicted molar refractivity (Wildman–Crippen MR) is 59.2 cm³/mol. The zero-order valence-electron chi connectivity index (χ0n) is 7.04. The summed E-state index contributed by atoms with van der Waals surface area (Å²) in [5, 5.41) is 10.9. The van der Waals surface area contributed by atoms with Gasteiger partial charge in [-0.25, -0.2) is 0 Å². The van der Waals surface area contributed by atoms with Crippen LogP contribution in [0.5, 0.6) is 5.75 Å². The van der Waals surface area contributed by atoms with E-state index in [2.05, 4.69) is 4.98 Å². The van der Waals surface area contributed by atoms with Crippen LogP contribution in [-0.4, -0.2) is 27.5 Å². The highest BCUT2D eigenvalue weighted by molar-refractivity contribution is 6.39. The number of fused-ring (bicyclic) bond motifs is 1. The van der Waals surface area contributed by atoms with Gasteiger partial charge in [-0.15, -0.1) is 0 Å². The van der Waals surface area contributed by atoms with Gasteiger partial charge in [0.2, 0.25) is 0 Å². The number of benzene rings is 1. The van der Waals surface area contributed by atoms with Crippen molar-refractivity contribution in [3.63, 3.8) is 0 Å². The molecule has 2 rings (SSSR count). The van der Waals surface area contributed by atoms with Gasteiger partial charge in [-0.2, -0.15) is 0 Å². The molecule has 0 saturated carbocycles. The molecule has 3 radical (unpaired) electrons. The van der Waals surface area contributed by atoms with Crippen LogP contribution in [0.15, 0.2) is 24.4 Å². The molecule has 0 amide bonds. The van der Waals surface area contributed by atoms with Gasteiger partial charge in [0, 0.05) is 28.9 Å². The van der Waals surface area contributed by atoms with E-state index < -0.39 is 0 Å². The lowest BCUT2D eigenvalue weighted by molar-refractivity contribution is 0.480. The fourth-order valence-corrected chi connectivity index (χ4v) is 1.67. The maximum atomic E-state index is 9.53. The number of pyridine rings is 1. The zero-order chi connectivity index (χ0) is 9.42. The largest absolute Gasteiger partial charge is 0.504 e. The standard InChI is InChI=1S/C9H5Cl2NO.Al/c10-6-4-7(11)9(13)8-5(6)2-1-3-12-8;/h1-4,13H;. The predicted octanol–water partition coefficient (Wildman–Crippen LogP) is 2.87.